The highest BCUT2D eigenvalue weighted by molar-refractivity contribution is 5.35. The van der Waals surface area contributed by atoms with Gasteiger partial charge >= 0.3 is 0 Å². The molecule has 1 N–H and O–H groups in total. The summed E-state index contributed by atoms with van der Waals surface area (Å²) in [6.07, 6.45) is 13.3. The topological polar surface area (TPSA) is 20.2 Å². The summed E-state index contributed by atoms with van der Waals surface area (Å²) in [5.41, 5.74) is 4.76. The Kier molecular flexibility index (Phi) is 6.28. The van der Waals surface area contributed by atoms with E-state index in [4.69, 9.17) is 0 Å². The fourth-order valence-electron chi connectivity index (χ4n) is 8.96. The average Bonchev–Trinajstić information content (AvgIpc) is 3.06. The fourth-order valence-corrected chi connectivity index (χ4v) is 8.96. The van der Waals surface area contributed by atoms with Crippen LogP contribution in [0.3, 0.4) is 0 Å². The van der Waals surface area contributed by atoms with Crippen molar-refractivity contribution in [1.82, 2.24) is 0 Å². The fraction of sp³-hybridized carbons (Fsp3) is 0.931. The number of hydrogen-bond acceptors (Lipinski definition) is 1. The minimum Gasteiger partial charge on any atom is -0.393 e. The largest absolute Gasteiger partial charge is 0.393 e. The van der Waals surface area contributed by atoms with E-state index in [-0.39, 0.29) is 6.10 Å². The average molecular weight is 415 g/mol. The van der Waals surface area contributed by atoms with Crippen LogP contribution in [0.5, 0.6) is 0 Å². The highest BCUT2D eigenvalue weighted by Crippen LogP contribution is 2.66. The molecule has 1 heteroatoms. The zero-order chi connectivity index (χ0) is 21.8. The Bertz CT molecular complexity index is 661. The molecule has 3 fully saturated rings. The minimum atomic E-state index is -0.0592. The van der Waals surface area contributed by atoms with Crippen molar-refractivity contribution < 1.29 is 5.11 Å². The Morgan fingerprint density at radius 2 is 1.67 bits per heavy atom. The highest BCUT2D eigenvalue weighted by atomic mass is 16.3. The van der Waals surface area contributed by atoms with Gasteiger partial charge in [0, 0.05) is 0 Å². The summed E-state index contributed by atoms with van der Waals surface area (Å²) < 4.78 is 0. The molecule has 0 radical (unpaired) electrons. The van der Waals surface area contributed by atoms with E-state index in [1.165, 1.54) is 57.8 Å². The summed E-state index contributed by atoms with van der Waals surface area (Å²) in [5, 5.41) is 10.5. The van der Waals surface area contributed by atoms with Crippen LogP contribution in [0.4, 0.5) is 0 Å². The van der Waals surface area contributed by atoms with Gasteiger partial charge in [0.1, 0.15) is 0 Å². The van der Waals surface area contributed by atoms with E-state index in [1.54, 1.807) is 0 Å². The van der Waals surface area contributed by atoms with E-state index in [2.05, 4.69) is 48.5 Å². The zero-order valence-electron chi connectivity index (χ0n) is 21.1. The van der Waals surface area contributed by atoms with Crippen LogP contribution >= 0.6 is 0 Å². The van der Waals surface area contributed by atoms with Gasteiger partial charge in [-0.3, -0.25) is 0 Å². The molecule has 30 heavy (non-hydrogen) atoms. The van der Waals surface area contributed by atoms with Crippen molar-refractivity contribution in [3.8, 4) is 0 Å². The van der Waals surface area contributed by atoms with Crippen LogP contribution in [0.25, 0.3) is 0 Å². The lowest BCUT2D eigenvalue weighted by Crippen LogP contribution is -2.51. The number of allylic oxidation sites excluding steroid dienone is 2. The molecule has 4 aliphatic carbocycles. The minimum absolute atomic E-state index is 0.0592. The summed E-state index contributed by atoms with van der Waals surface area (Å²) in [5.74, 6) is 5.47. The lowest BCUT2D eigenvalue weighted by Gasteiger charge is -2.58. The monoisotopic (exact) mass is 414 g/mol. The van der Waals surface area contributed by atoms with Crippen molar-refractivity contribution in [2.45, 2.75) is 119 Å². The van der Waals surface area contributed by atoms with Crippen LogP contribution in [0, 0.1) is 52.3 Å². The number of fused-ring (bicyclic) bond motifs is 4. The maximum absolute atomic E-state index is 10.5. The summed E-state index contributed by atoms with van der Waals surface area (Å²) in [7, 11) is 0. The molecule has 0 spiro atoms. The zero-order valence-corrected chi connectivity index (χ0v) is 21.1. The normalized spacial score (nSPS) is 45.7. The molecule has 1 nitrogen and oxygen atoms in total. The second-order valence-corrected chi connectivity index (χ2v) is 13.0. The smallest absolute Gasteiger partial charge is 0.0568 e. The van der Waals surface area contributed by atoms with Crippen LogP contribution in [0.1, 0.15) is 113 Å². The van der Waals surface area contributed by atoms with Crippen LogP contribution < -0.4 is 0 Å². The molecule has 0 aromatic carbocycles. The summed E-state index contributed by atoms with van der Waals surface area (Å²) >= 11 is 0. The van der Waals surface area contributed by atoms with Crippen LogP contribution in [-0.2, 0) is 0 Å². The first kappa shape index (κ1) is 22.9. The second-order valence-electron chi connectivity index (χ2n) is 13.0. The molecule has 1 unspecified atom stereocenters. The van der Waals surface area contributed by atoms with Gasteiger partial charge < -0.3 is 5.11 Å². The van der Waals surface area contributed by atoms with Gasteiger partial charge in [0.15, 0.2) is 0 Å². The van der Waals surface area contributed by atoms with E-state index in [1.807, 2.05) is 11.1 Å². The standard InChI is InChI=1S/C29H50O/c1-18(2)19(3)8-9-20(4)23-12-13-25-22-10-11-24-21(5)27(30)15-17-29(24,7)26(22)14-16-28(23,25)6/h18-21,23-24,26-27,30H,8-17H2,1-7H3/t19?,20-,21+,23-,24+,26+,27+,28-,29+/m1/s1. The van der Waals surface area contributed by atoms with Crippen molar-refractivity contribution in [2.75, 3.05) is 0 Å². The Morgan fingerprint density at radius 1 is 0.933 bits per heavy atom. The number of hydrogen-bond donors (Lipinski definition) is 1. The molecule has 0 amide bonds. The van der Waals surface area contributed by atoms with E-state index >= 15 is 0 Å². The first-order chi connectivity index (χ1) is 14.1. The van der Waals surface area contributed by atoms with E-state index in [0.29, 0.717) is 16.7 Å². The predicted molar refractivity (Wildman–Crippen MR) is 128 cm³/mol. The summed E-state index contributed by atoms with van der Waals surface area (Å²) in [4.78, 5) is 0. The molecular weight excluding hydrogens is 364 g/mol. The van der Waals surface area contributed by atoms with E-state index in [0.717, 1.165) is 41.9 Å². The van der Waals surface area contributed by atoms with Crippen LogP contribution in [0.15, 0.2) is 11.1 Å². The van der Waals surface area contributed by atoms with E-state index in [9.17, 15) is 5.11 Å². The molecular formula is C29H50O. The van der Waals surface area contributed by atoms with Gasteiger partial charge in [0.25, 0.3) is 0 Å². The highest BCUT2D eigenvalue weighted by Gasteiger charge is 2.56. The van der Waals surface area contributed by atoms with Crippen LogP contribution in [-0.4, -0.2) is 11.2 Å². The van der Waals surface area contributed by atoms with Gasteiger partial charge in [-0.1, -0.05) is 72.5 Å². The third kappa shape index (κ3) is 3.54. The van der Waals surface area contributed by atoms with Gasteiger partial charge in [0.05, 0.1) is 6.10 Å². The first-order valence-electron chi connectivity index (χ1n) is 13.5. The lowest BCUT2D eigenvalue weighted by molar-refractivity contribution is -0.0779. The number of aliphatic hydroxyl groups is 1. The quantitative estimate of drug-likeness (QED) is 0.451. The molecule has 0 heterocycles. The van der Waals surface area contributed by atoms with Crippen molar-refractivity contribution in [1.29, 1.82) is 0 Å². The molecule has 4 aliphatic rings. The maximum Gasteiger partial charge on any atom is 0.0568 e. The second kappa shape index (κ2) is 8.24. The SMILES string of the molecule is CC(C)C(C)CC[C@@H](C)[C@H]1CCC2=C3CC[C@H]4[C@H](C)[C@@H](O)CC[C@]4(C)[C@H]3CC[C@@]21C. The molecule has 9 atom stereocenters. The van der Waals surface area contributed by atoms with Crippen molar-refractivity contribution in [3.05, 3.63) is 11.1 Å². The molecule has 4 rings (SSSR count). The Labute approximate surface area is 187 Å². The first-order valence-corrected chi connectivity index (χ1v) is 13.5. The summed E-state index contributed by atoms with van der Waals surface area (Å²) in [6, 6.07) is 0. The maximum atomic E-state index is 10.5. The van der Waals surface area contributed by atoms with Crippen molar-refractivity contribution in [3.63, 3.8) is 0 Å². The third-order valence-corrected chi connectivity index (χ3v) is 11.5. The molecule has 0 aliphatic heterocycles. The molecule has 0 aromatic rings. The molecule has 0 saturated heterocycles. The Balaban J connectivity index is 1.55. The Morgan fingerprint density at radius 3 is 2.37 bits per heavy atom. The van der Waals surface area contributed by atoms with Gasteiger partial charge in [0.2, 0.25) is 0 Å². The number of rotatable bonds is 5. The number of aliphatic hydroxyl groups excluding tert-OH is 1. The van der Waals surface area contributed by atoms with Crippen LogP contribution in [0.2, 0.25) is 0 Å². The molecule has 0 aromatic heterocycles. The van der Waals surface area contributed by atoms with E-state index < -0.39 is 0 Å². The van der Waals surface area contributed by atoms with Gasteiger partial charge in [-0.25, -0.2) is 0 Å². The molecule has 3 saturated carbocycles. The summed E-state index contributed by atoms with van der Waals surface area (Å²) in [6.45, 7) is 17.4. The lowest BCUT2D eigenvalue weighted by atomic mass is 9.47. The van der Waals surface area contributed by atoms with Crippen molar-refractivity contribution >= 4 is 0 Å². The van der Waals surface area contributed by atoms with Gasteiger partial charge in [-0.15, -0.1) is 0 Å². The molecule has 172 valence electrons. The van der Waals surface area contributed by atoms with Crippen molar-refractivity contribution in [2.24, 2.45) is 52.3 Å². The predicted octanol–water partition coefficient (Wildman–Crippen LogP) is 8.02. The van der Waals surface area contributed by atoms with Gasteiger partial charge in [-0.05, 0) is 104 Å². The molecule has 0 bridgehead atoms. The van der Waals surface area contributed by atoms with Gasteiger partial charge in [-0.2, -0.15) is 0 Å². The third-order valence-electron chi connectivity index (χ3n) is 11.5. The Hall–Kier alpha value is -0.300.